The van der Waals surface area contributed by atoms with E-state index in [9.17, 15) is 4.79 Å². The fourth-order valence-electron chi connectivity index (χ4n) is 5.26. The highest BCUT2D eigenvalue weighted by atomic mass is 16.5. The Hall–Kier alpha value is -5.84. The topological polar surface area (TPSA) is 138 Å². The van der Waals surface area contributed by atoms with Crippen molar-refractivity contribution in [2.75, 3.05) is 25.3 Å². The lowest BCUT2D eigenvalue weighted by Gasteiger charge is -2.21. The van der Waals surface area contributed by atoms with E-state index in [-0.39, 0.29) is 11.4 Å². The molecule has 0 saturated heterocycles. The first kappa shape index (κ1) is 34.5. The van der Waals surface area contributed by atoms with Gasteiger partial charge in [-0.25, -0.2) is 9.36 Å². The van der Waals surface area contributed by atoms with Crippen LogP contribution in [-0.2, 0) is 31.2 Å². The zero-order valence-electron chi connectivity index (χ0n) is 28.7. The van der Waals surface area contributed by atoms with Gasteiger partial charge in [-0.2, -0.15) is 15.3 Å². The van der Waals surface area contributed by atoms with Crippen LogP contribution in [0.25, 0.3) is 5.69 Å². The molecule has 0 saturated carbocycles. The molecular weight excluding hydrogens is 616 g/mol. The molecule has 0 fully saturated rings. The van der Waals surface area contributed by atoms with Crippen LogP contribution in [-0.4, -0.2) is 49.9 Å². The van der Waals surface area contributed by atoms with E-state index in [1.807, 2.05) is 71.7 Å². The molecule has 3 aromatic heterocycles. The highest BCUT2D eigenvalue weighted by molar-refractivity contribution is 6.03. The fourth-order valence-corrected chi connectivity index (χ4v) is 5.26. The number of nitrogens with zero attached hydrogens (tertiary/aromatic N) is 5. The van der Waals surface area contributed by atoms with Crippen molar-refractivity contribution in [2.24, 2.45) is 0 Å². The second-order valence-electron chi connectivity index (χ2n) is 12.6. The number of methoxy groups -OCH3 is 2. The smallest absolute Gasteiger partial charge is 0.256 e. The van der Waals surface area contributed by atoms with Gasteiger partial charge in [-0.05, 0) is 112 Å². The largest absolute Gasteiger partial charge is 0.497 e. The summed E-state index contributed by atoms with van der Waals surface area (Å²) < 4.78 is 14.1. The third-order valence-corrected chi connectivity index (χ3v) is 7.93. The fraction of sp³-hybridized carbons (Fsp3) is 0.263. The van der Waals surface area contributed by atoms with Crippen molar-refractivity contribution >= 4 is 17.5 Å². The average Bonchev–Trinajstić information content (AvgIpc) is 3.89. The van der Waals surface area contributed by atoms with Gasteiger partial charge in [0.05, 0.1) is 31.6 Å². The number of nitrogen functional groups attached to an aromatic ring is 1. The van der Waals surface area contributed by atoms with E-state index in [0.29, 0.717) is 11.4 Å². The summed E-state index contributed by atoms with van der Waals surface area (Å²) in [5.41, 5.74) is 12.0. The maximum atomic E-state index is 12.5. The van der Waals surface area contributed by atoms with Crippen LogP contribution in [0.1, 0.15) is 53.5 Å². The summed E-state index contributed by atoms with van der Waals surface area (Å²) in [6.45, 7) is 6.30. The monoisotopic (exact) mass is 660 g/mol. The summed E-state index contributed by atoms with van der Waals surface area (Å²) in [4.78, 5) is 12.5. The van der Waals surface area contributed by atoms with Gasteiger partial charge in [0.15, 0.2) is 5.82 Å². The third kappa shape index (κ3) is 9.38. The summed E-state index contributed by atoms with van der Waals surface area (Å²) in [5.74, 6) is 2.80. The van der Waals surface area contributed by atoms with Gasteiger partial charge in [-0.3, -0.25) is 9.89 Å². The standard InChI is InChI=1S/C22H21N5O2.C16H23N3O/c1-29-20-5-2-4-16(14-20)6-9-18-15-21(26-25-18)24-22(28)17-7-10-19(11-8-17)27-13-3-12-23-27;1-16(2,3)19-15(17)13(11-18-19)9-8-12-6-5-7-14(10-12)20-4/h2-5,7-8,10-15H,6,9H2,1H3,(H2,24,25,26,28);5-7,10-11H,8-9,17H2,1-4H3. The van der Waals surface area contributed by atoms with Crippen LogP contribution in [0.15, 0.2) is 104 Å². The molecule has 0 atom stereocenters. The molecule has 49 heavy (non-hydrogen) atoms. The SMILES string of the molecule is COc1cccc(CCc2cc(NC(=O)c3ccc(-n4cccn4)cc3)n[nH]2)c1.COc1cccc(CCc2cnn(C(C)(C)C)c2N)c1. The van der Waals surface area contributed by atoms with Gasteiger partial charge in [-0.15, -0.1) is 0 Å². The highest BCUT2D eigenvalue weighted by Crippen LogP contribution is 2.23. The first-order valence-electron chi connectivity index (χ1n) is 16.2. The number of hydrogen-bond acceptors (Lipinski definition) is 7. The molecule has 254 valence electrons. The predicted molar refractivity (Wildman–Crippen MR) is 193 cm³/mol. The molecule has 0 bridgehead atoms. The Bertz CT molecular complexity index is 1940. The van der Waals surface area contributed by atoms with Crippen molar-refractivity contribution in [3.63, 3.8) is 0 Å². The van der Waals surface area contributed by atoms with Crippen LogP contribution in [0.3, 0.4) is 0 Å². The number of anilines is 2. The van der Waals surface area contributed by atoms with Gasteiger partial charge in [0.25, 0.3) is 5.91 Å². The van der Waals surface area contributed by atoms with Crippen LogP contribution in [0, 0.1) is 0 Å². The molecule has 0 spiro atoms. The van der Waals surface area contributed by atoms with E-state index in [1.165, 1.54) is 11.1 Å². The van der Waals surface area contributed by atoms with Crippen molar-refractivity contribution in [1.29, 1.82) is 0 Å². The van der Waals surface area contributed by atoms with E-state index in [4.69, 9.17) is 15.2 Å². The minimum Gasteiger partial charge on any atom is -0.497 e. The molecular formula is C38H44N8O3. The average molecular weight is 661 g/mol. The van der Waals surface area contributed by atoms with Gasteiger partial charge in [0.2, 0.25) is 0 Å². The van der Waals surface area contributed by atoms with Crippen molar-refractivity contribution in [3.05, 3.63) is 131 Å². The number of rotatable bonds is 11. The number of nitrogens with two attached hydrogens (primary N) is 1. The minimum absolute atomic E-state index is 0.0850. The number of benzene rings is 3. The molecule has 6 rings (SSSR count). The molecule has 0 radical (unpaired) electrons. The van der Waals surface area contributed by atoms with Gasteiger partial charge >= 0.3 is 0 Å². The molecule has 11 nitrogen and oxygen atoms in total. The molecule has 0 aliphatic rings. The van der Waals surface area contributed by atoms with Crippen LogP contribution in [0.5, 0.6) is 11.5 Å². The number of nitrogens with one attached hydrogen (secondary N) is 2. The van der Waals surface area contributed by atoms with E-state index >= 15 is 0 Å². The van der Waals surface area contributed by atoms with Crippen LogP contribution < -0.4 is 20.5 Å². The highest BCUT2D eigenvalue weighted by Gasteiger charge is 2.19. The Balaban J connectivity index is 0.000000205. The van der Waals surface area contributed by atoms with Crippen molar-refractivity contribution < 1.29 is 14.3 Å². The molecule has 3 aromatic carbocycles. The quantitative estimate of drug-likeness (QED) is 0.141. The van der Waals surface area contributed by atoms with Gasteiger partial charge in [0, 0.05) is 35.3 Å². The Labute approximate surface area is 287 Å². The lowest BCUT2D eigenvalue weighted by atomic mass is 10.1. The molecule has 0 aliphatic heterocycles. The lowest BCUT2D eigenvalue weighted by Crippen LogP contribution is -2.24. The number of H-pyrrole nitrogens is 1. The summed E-state index contributed by atoms with van der Waals surface area (Å²) in [6.07, 6.45) is 8.89. The molecule has 6 aromatic rings. The molecule has 11 heteroatoms. The number of aryl methyl sites for hydroxylation is 4. The molecule has 0 aliphatic carbocycles. The summed E-state index contributed by atoms with van der Waals surface area (Å²) in [5, 5.41) is 18.6. The normalized spacial score (nSPS) is 11.0. The first-order chi connectivity index (χ1) is 23.6. The summed E-state index contributed by atoms with van der Waals surface area (Å²) in [7, 11) is 3.35. The second kappa shape index (κ2) is 15.8. The Morgan fingerprint density at radius 2 is 1.49 bits per heavy atom. The Morgan fingerprint density at radius 1 is 0.837 bits per heavy atom. The van der Waals surface area contributed by atoms with E-state index in [0.717, 1.165) is 59.9 Å². The predicted octanol–water partition coefficient (Wildman–Crippen LogP) is 6.66. The number of hydrogen-bond donors (Lipinski definition) is 3. The van der Waals surface area contributed by atoms with E-state index in [2.05, 4.69) is 64.7 Å². The molecule has 3 heterocycles. The van der Waals surface area contributed by atoms with Crippen molar-refractivity contribution in [1.82, 2.24) is 29.8 Å². The zero-order chi connectivity index (χ0) is 34.8. The van der Waals surface area contributed by atoms with Gasteiger partial charge in [0.1, 0.15) is 17.3 Å². The van der Waals surface area contributed by atoms with Crippen LogP contribution >= 0.6 is 0 Å². The Kier molecular flexibility index (Phi) is 11.1. The number of aromatic amines is 1. The van der Waals surface area contributed by atoms with Crippen molar-refractivity contribution in [2.45, 2.75) is 52.0 Å². The number of amides is 1. The van der Waals surface area contributed by atoms with Crippen molar-refractivity contribution in [3.8, 4) is 17.2 Å². The zero-order valence-corrected chi connectivity index (χ0v) is 28.7. The number of carbonyl (C=O) groups excluding carboxylic acids is 1. The Morgan fingerprint density at radius 3 is 2.06 bits per heavy atom. The van der Waals surface area contributed by atoms with Crippen LogP contribution in [0.2, 0.25) is 0 Å². The summed E-state index contributed by atoms with van der Waals surface area (Å²) in [6, 6.07) is 27.1. The van der Waals surface area contributed by atoms with Crippen LogP contribution in [0.4, 0.5) is 11.6 Å². The molecule has 4 N–H and O–H groups in total. The molecule has 1 amide bonds. The lowest BCUT2D eigenvalue weighted by molar-refractivity contribution is 0.102. The number of carbonyl (C=O) groups is 1. The summed E-state index contributed by atoms with van der Waals surface area (Å²) >= 11 is 0. The first-order valence-corrected chi connectivity index (χ1v) is 16.2. The maximum Gasteiger partial charge on any atom is 0.256 e. The van der Waals surface area contributed by atoms with E-state index < -0.39 is 0 Å². The maximum absolute atomic E-state index is 12.5. The number of ether oxygens (including phenoxy) is 2. The van der Waals surface area contributed by atoms with E-state index in [1.54, 1.807) is 37.2 Å². The number of aromatic nitrogens is 6. The second-order valence-corrected chi connectivity index (χ2v) is 12.6. The third-order valence-electron chi connectivity index (χ3n) is 7.93. The molecule has 0 unspecified atom stereocenters. The van der Waals surface area contributed by atoms with Gasteiger partial charge in [-0.1, -0.05) is 24.3 Å². The van der Waals surface area contributed by atoms with Gasteiger partial charge < -0.3 is 20.5 Å². The minimum atomic E-state index is -0.206.